The first-order valence-electron chi connectivity index (χ1n) is 19.5. The van der Waals surface area contributed by atoms with Crippen molar-refractivity contribution in [1.29, 1.82) is 0 Å². The number of carbonyl (C=O) groups is 2. The van der Waals surface area contributed by atoms with Crippen LogP contribution in [0.5, 0.6) is 0 Å². The summed E-state index contributed by atoms with van der Waals surface area (Å²) >= 11 is 0. The van der Waals surface area contributed by atoms with Gasteiger partial charge in [-0.25, -0.2) is 4.79 Å². The minimum Gasteiger partial charge on any atom is -0.444 e. The van der Waals surface area contributed by atoms with E-state index in [-0.39, 0.29) is 53.4 Å². The summed E-state index contributed by atoms with van der Waals surface area (Å²) in [6, 6.07) is 24.8. The Morgan fingerprint density at radius 2 is 1.62 bits per heavy atom. The minimum atomic E-state index is -0.617. The predicted octanol–water partition coefficient (Wildman–Crippen LogP) is 10.3. The number of carbonyl (C=O) groups excluding carboxylic acids is 2. The van der Waals surface area contributed by atoms with Gasteiger partial charge in [-0.05, 0) is 105 Å². The molecule has 3 aromatic rings. The lowest BCUT2D eigenvalue weighted by Crippen LogP contribution is -2.57. The van der Waals surface area contributed by atoms with Crippen LogP contribution in [0, 0.1) is 24.2 Å². The highest BCUT2D eigenvalue weighted by atomic mass is 16.6. The van der Waals surface area contributed by atoms with Gasteiger partial charge in [0.15, 0.2) is 5.78 Å². The van der Waals surface area contributed by atoms with E-state index < -0.39 is 5.60 Å². The van der Waals surface area contributed by atoms with Crippen molar-refractivity contribution in [3.05, 3.63) is 118 Å². The normalized spacial score (nSPS) is 29.1. The third-order valence-electron chi connectivity index (χ3n) is 12.5. The number of benzene rings is 3. The van der Waals surface area contributed by atoms with Gasteiger partial charge in [0.2, 0.25) is 0 Å². The third kappa shape index (κ3) is 7.13. The van der Waals surface area contributed by atoms with Crippen LogP contribution in [0.4, 0.5) is 4.79 Å². The molecule has 1 saturated carbocycles. The zero-order valence-electron chi connectivity index (χ0n) is 32.2. The monoisotopic (exact) mass is 703 g/mol. The Morgan fingerprint density at radius 1 is 0.962 bits per heavy atom. The Bertz CT molecular complexity index is 1790. The van der Waals surface area contributed by atoms with E-state index in [4.69, 9.17) is 14.2 Å². The molecule has 7 rings (SSSR count). The second-order valence-electron chi connectivity index (χ2n) is 17.3. The van der Waals surface area contributed by atoms with Crippen LogP contribution in [0.3, 0.4) is 0 Å². The number of hydrogen-bond acceptors (Lipinski definition) is 5. The topological polar surface area (TPSA) is 65.1 Å². The van der Waals surface area contributed by atoms with Gasteiger partial charge in [0.1, 0.15) is 5.60 Å². The molecule has 4 aliphatic rings. The van der Waals surface area contributed by atoms with Gasteiger partial charge in [-0.3, -0.25) is 4.79 Å². The summed E-state index contributed by atoms with van der Waals surface area (Å²) in [6.07, 6.45) is 6.64. The maximum absolute atomic E-state index is 14.8. The molecule has 1 heterocycles. The van der Waals surface area contributed by atoms with Crippen molar-refractivity contribution in [2.24, 2.45) is 17.3 Å². The van der Waals surface area contributed by atoms with Crippen LogP contribution in [0.15, 0.2) is 84.4 Å². The van der Waals surface area contributed by atoms with E-state index in [0.29, 0.717) is 25.5 Å². The van der Waals surface area contributed by atoms with Crippen LogP contribution in [0.2, 0.25) is 0 Å². The standard InChI is InChI=1S/C46H57NO5/c1-29-24-39(51-28-33-16-12-9-13-17-33)42(47(26-29)44(49)52-45(4,5)6)31(3)36-20-21-37-38-19-18-34-25-35(50-27-32-14-10-8-11-15-32)22-23-46(34,7)41(38)43(48)40(37)30(36)2/h8-18,20-21,29,31,35,38-39,41-42H,19,22-28H2,1-7H3/t29-,31-,35-,38-,39+,41+,42-,46-/m0/s1. The van der Waals surface area contributed by atoms with Gasteiger partial charge < -0.3 is 19.1 Å². The van der Waals surface area contributed by atoms with Gasteiger partial charge in [0.05, 0.1) is 31.5 Å². The molecule has 0 aromatic heterocycles. The number of rotatable bonds is 8. The molecular formula is C46H57NO5. The molecule has 1 aliphatic heterocycles. The second kappa shape index (κ2) is 14.6. The molecule has 1 saturated heterocycles. The highest BCUT2D eigenvalue weighted by Crippen LogP contribution is 2.60. The van der Waals surface area contributed by atoms with Crippen molar-refractivity contribution in [1.82, 2.24) is 4.90 Å². The lowest BCUT2D eigenvalue weighted by Gasteiger charge is -2.48. The summed E-state index contributed by atoms with van der Waals surface area (Å²) < 4.78 is 19.2. The molecule has 8 atom stereocenters. The van der Waals surface area contributed by atoms with Crippen LogP contribution in [0.1, 0.15) is 124 Å². The average molecular weight is 704 g/mol. The summed E-state index contributed by atoms with van der Waals surface area (Å²) in [6.45, 7) is 16.3. The Labute approximate surface area is 310 Å². The van der Waals surface area contributed by atoms with E-state index in [1.165, 1.54) is 16.7 Å². The van der Waals surface area contributed by atoms with E-state index in [9.17, 15) is 9.59 Å². The molecule has 1 amide bonds. The minimum absolute atomic E-state index is 0.0578. The molecule has 3 aliphatic carbocycles. The van der Waals surface area contributed by atoms with Crippen molar-refractivity contribution in [3.63, 3.8) is 0 Å². The number of ether oxygens (including phenoxy) is 3. The van der Waals surface area contributed by atoms with Crippen molar-refractivity contribution >= 4 is 11.9 Å². The maximum Gasteiger partial charge on any atom is 0.410 e. The Morgan fingerprint density at radius 3 is 2.27 bits per heavy atom. The Balaban J connectivity index is 1.15. The number of Topliss-reactive ketones (excluding diaryl/α,β-unsaturated/α-hetero) is 1. The summed E-state index contributed by atoms with van der Waals surface area (Å²) in [5, 5.41) is 0. The van der Waals surface area contributed by atoms with Gasteiger partial charge >= 0.3 is 6.09 Å². The predicted molar refractivity (Wildman–Crippen MR) is 205 cm³/mol. The smallest absolute Gasteiger partial charge is 0.410 e. The van der Waals surface area contributed by atoms with Crippen LogP contribution in [-0.4, -0.2) is 47.2 Å². The molecule has 52 heavy (non-hydrogen) atoms. The molecule has 0 spiro atoms. The van der Waals surface area contributed by atoms with Crippen molar-refractivity contribution in [2.75, 3.05) is 6.54 Å². The molecule has 6 heteroatoms. The summed E-state index contributed by atoms with van der Waals surface area (Å²) in [7, 11) is 0. The Hall–Kier alpha value is -3.74. The highest BCUT2D eigenvalue weighted by Gasteiger charge is 2.55. The van der Waals surface area contributed by atoms with Crippen molar-refractivity contribution < 1.29 is 23.8 Å². The fourth-order valence-electron chi connectivity index (χ4n) is 9.97. The number of amides is 1. The van der Waals surface area contributed by atoms with Crippen LogP contribution < -0.4 is 0 Å². The number of hydrogen-bond donors (Lipinski definition) is 0. The first kappa shape index (κ1) is 36.6. The van der Waals surface area contributed by atoms with E-state index >= 15 is 0 Å². The zero-order chi connectivity index (χ0) is 36.8. The van der Waals surface area contributed by atoms with Gasteiger partial charge in [-0.2, -0.15) is 0 Å². The van der Waals surface area contributed by atoms with Crippen LogP contribution >= 0.6 is 0 Å². The number of fused-ring (bicyclic) bond motifs is 5. The van der Waals surface area contributed by atoms with E-state index in [1.54, 1.807) is 0 Å². The molecule has 6 nitrogen and oxygen atoms in total. The van der Waals surface area contributed by atoms with Crippen LogP contribution in [0.25, 0.3) is 0 Å². The zero-order valence-corrected chi connectivity index (χ0v) is 32.2. The molecule has 0 N–H and O–H groups in total. The molecular weight excluding hydrogens is 647 g/mol. The number of piperidine rings is 1. The van der Waals surface area contributed by atoms with E-state index in [1.807, 2.05) is 49.9 Å². The number of nitrogens with zero attached hydrogens (tertiary/aromatic N) is 1. The second-order valence-corrected chi connectivity index (χ2v) is 17.3. The fraction of sp³-hybridized carbons (Fsp3) is 0.522. The average Bonchev–Trinajstić information content (AvgIpc) is 3.42. The Kier molecular flexibility index (Phi) is 10.3. The molecule has 2 fully saturated rings. The fourth-order valence-corrected chi connectivity index (χ4v) is 9.97. The highest BCUT2D eigenvalue weighted by molar-refractivity contribution is 6.05. The number of allylic oxidation sites excluding steroid dienone is 1. The molecule has 0 bridgehead atoms. The number of ketones is 1. The van der Waals surface area contributed by atoms with Gasteiger partial charge in [-0.15, -0.1) is 0 Å². The quantitative estimate of drug-likeness (QED) is 0.219. The van der Waals surface area contributed by atoms with Crippen molar-refractivity contribution in [2.45, 2.75) is 129 Å². The maximum atomic E-state index is 14.8. The van der Waals surface area contributed by atoms with Crippen LogP contribution in [-0.2, 0) is 27.4 Å². The summed E-state index contributed by atoms with van der Waals surface area (Å²) in [4.78, 5) is 30.6. The molecule has 0 unspecified atom stereocenters. The summed E-state index contributed by atoms with van der Waals surface area (Å²) in [5.74, 6) is 0.600. The third-order valence-corrected chi connectivity index (χ3v) is 12.5. The van der Waals surface area contributed by atoms with E-state index in [2.05, 4.69) is 82.3 Å². The lowest BCUT2D eigenvalue weighted by molar-refractivity contribution is -0.0769. The SMILES string of the molecule is Cc1c([C@H](C)[C@H]2[C@H](OCc3ccccc3)C[C@H](C)CN2C(=O)OC(C)(C)C)ccc2c1C(=O)[C@H]1[C@H]2CC=C2C[C@@H](OCc3ccccc3)CC[C@@]21C. The number of likely N-dealkylation sites (tertiary alicyclic amines) is 1. The lowest BCUT2D eigenvalue weighted by atomic mass is 9.57. The summed E-state index contributed by atoms with van der Waals surface area (Å²) in [5.41, 5.74) is 7.18. The van der Waals surface area contributed by atoms with E-state index in [0.717, 1.165) is 54.4 Å². The largest absolute Gasteiger partial charge is 0.444 e. The van der Waals surface area contributed by atoms with Gasteiger partial charge in [-0.1, -0.05) is 105 Å². The molecule has 276 valence electrons. The molecule has 0 radical (unpaired) electrons. The van der Waals surface area contributed by atoms with Crippen molar-refractivity contribution in [3.8, 4) is 0 Å². The van der Waals surface area contributed by atoms with Gasteiger partial charge in [0.25, 0.3) is 0 Å². The first-order valence-corrected chi connectivity index (χ1v) is 19.5. The molecule has 3 aromatic carbocycles. The first-order chi connectivity index (χ1) is 24.8. The van der Waals surface area contributed by atoms with Gasteiger partial charge in [0, 0.05) is 23.9 Å².